The normalized spacial score (nSPS) is 13.9. The monoisotopic (exact) mass is 334 g/mol. The van der Waals surface area contributed by atoms with E-state index in [0.29, 0.717) is 0 Å². The Kier molecular flexibility index (Phi) is 3.65. The van der Waals surface area contributed by atoms with Crippen LogP contribution in [0.5, 0.6) is 0 Å². The maximum atomic E-state index is 4.90. The summed E-state index contributed by atoms with van der Waals surface area (Å²) in [5.41, 5.74) is 6.29. The highest BCUT2D eigenvalue weighted by Gasteiger charge is 2.20. The smallest absolute Gasteiger partial charge is 0.125 e. The van der Waals surface area contributed by atoms with Crippen molar-refractivity contribution >= 4 is 22.6 Å². The Bertz CT molecular complexity index is 914. The third-order valence-electron chi connectivity index (χ3n) is 4.31. The van der Waals surface area contributed by atoms with Gasteiger partial charge in [0.05, 0.1) is 27.6 Å². The highest BCUT2D eigenvalue weighted by molar-refractivity contribution is 7.18. The van der Waals surface area contributed by atoms with E-state index in [9.17, 15) is 0 Å². The second kappa shape index (κ2) is 5.83. The molecule has 0 spiro atoms. The number of hydrogen-bond donors (Lipinski definition) is 0. The van der Waals surface area contributed by atoms with Crippen LogP contribution in [0.4, 0.5) is 5.69 Å². The molecule has 0 unspecified atom stereocenters. The van der Waals surface area contributed by atoms with Gasteiger partial charge in [-0.15, -0.1) is 11.3 Å². The fourth-order valence-electron chi connectivity index (χ4n) is 2.93. The largest absolute Gasteiger partial charge is 0.373 e. The van der Waals surface area contributed by atoms with Crippen molar-refractivity contribution < 1.29 is 0 Å². The zero-order chi connectivity index (χ0) is 16.7. The standard InChI is InChI=1S/C19H18N4S/c1-12-8-10-23(3)16-7-6-15(22-17(12)16)18-13(2)21-19(24-18)14-5-4-9-20-11-14/h4-7,9,11H,1,8,10H2,2-3H3. The summed E-state index contributed by atoms with van der Waals surface area (Å²) < 4.78 is 0. The molecule has 1 aliphatic rings. The van der Waals surface area contributed by atoms with E-state index in [1.54, 1.807) is 17.5 Å². The number of pyridine rings is 2. The lowest BCUT2D eigenvalue weighted by Gasteiger charge is -2.28. The summed E-state index contributed by atoms with van der Waals surface area (Å²) >= 11 is 1.66. The molecular weight excluding hydrogens is 316 g/mol. The molecular formula is C19H18N4S. The van der Waals surface area contributed by atoms with Gasteiger partial charge in [-0.3, -0.25) is 4.98 Å². The van der Waals surface area contributed by atoms with Crippen LogP contribution in [0.1, 0.15) is 17.8 Å². The Labute approximate surface area is 145 Å². The first kappa shape index (κ1) is 15.0. The SMILES string of the molecule is C=C1CCN(C)c2ccc(-c3sc(-c4cccnc4)nc3C)nc21. The maximum Gasteiger partial charge on any atom is 0.125 e. The van der Waals surface area contributed by atoms with E-state index in [1.165, 1.54) is 0 Å². The first-order valence-electron chi connectivity index (χ1n) is 7.92. The van der Waals surface area contributed by atoms with Crippen LogP contribution in [0, 0.1) is 6.92 Å². The molecule has 0 aromatic carbocycles. The number of hydrogen-bond acceptors (Lipinski definition) is 5. The first-order chi connectivity index (χ1) is 11.6. The molecule has 0 atom stereocenters. The Morgan fingerprint density at radius 3 is 2.88 bits per heavy atom. The lowest BCUT2D eigenvalue weighted by Crippen LogP contribution is -2.24. The van der Waals surface area contributed by atoms with Gasteiger partial charge in [-0.1, -0.05) is 6.58 Å². The number of fused-ring (bicyclic) bond motifs is 1. The van der Waals surface area contributed by atoms with E-state index in [0.717, 1.165) is 56.8 Å². The molecule has 0 bridgehead atoms. The zero-order valence-electron chi connectivity index (χ0n) is 13.8. The van der Waals surface area contributed by atoms with Gasteiger partial charge in [0.15, 0.2) is 0 Å². The minimum Gasteiger partial charge on any atom is -0.373 e. The van der Waals surface area contributed by atoms with Crippen LogP contribution < -0.4 is 4.90 Å². The van der Waals surface area contributed by atoms with Gasteiger partial charge >= 0.3 is 0 Å². The van der Waals surface area contributed by atoms with E-state index >= 15 is 0 Å². The minimum atomic E-state index is 0.961. The molecule has 0 saturated heterocycles. The Hall–Kier alpha value is -2.53. The molecule has 5 heteroatoms. The topological polar surface area (TPSA) is 41.9 Å². The molecule has 4 rings (SSSR count). The third kappa shape index (κ3) is 2.51. The van der Waals surface area contributed by atoms with E-state index in [1.807, 2.05) is 25.3 Å². The highest BCUT2D eigenvalue weighted by Crippen LogP contribution is 2.37. The maximum absolute atomic E-state index is 4.90. The fraction of sp³-hybridized carbons (Fsp3) is 0.211. The molecule has 3 aromatic heterocycles. The number of aryl methyl sites for hydroxylation is 1. The van der Waals surface area contributed by atoms with Gasteiger partial charge in [0, 0.05) is 31.5 Å². The third-order valence-corrected chi connectivity index (χ3v) is 5.54. The summed E-state index contributed by atoms with van der Waals surface area (Å²) in [5.74, 6) is 0. The van der Waals surface area contributed by atoms with E-state index in [2.05, 4.69) is 35.6 Å². The van der Waals surface area contributed by atoms with Crippen molar-refractivity contribution in [3.8, 4) is 21.1 Å². The van der Waals surface area contributed by atoms with Crippen molar-refractivity contribution in [2.45, 2.75) is 13.3 Å². The number of rotatable bonds is 2. The molecule has 0 radical (unpaired) electrons. The van der Waals surface area contributed by atoms with Crippen molar-refractivity contribution in [3.63, 3.8) is 0 Å². The van der Waals surface area contributed by atoms with E-state index < -0.39 is 0 Å². The lowest BCUT2D eigenvalue weighted by atomic mass is 10.0. The van der Waals surface area contributed by atoms with Crippen LogP contribution >= 0.6 is 11.3 Å². The lowest BCUT2D eigenvalue weighted by molar-refractivity contribution is 0.871. The summed E-state index contributed by atoms with van der Waals surface area (Å²) in [6.45, 7) is 7.22. The molecule has 0 N–H and O–H groups in total. The Balaban J connectivity index is 1.79. The van der Waals surface area contributed by atoms with Crippen molar-refractivity contribution in [2.24, 2.45) is 0 Å². The summed E-state index contributed by atoms with van der Waals surface area (Å²) in [6, 6.07) is 8.20. The van der Waals surface area contributed by atoms with Crippen molar-refractivity contribution in [1.82, 2.24) is 15.0 Å². The van der Waals surface area contributed by atoms with E-state index in [-0.39, 0.29) is 0 Å². The molecule has 4 nitrogen and oxygen atoms in total. The summed E-state index contributed by atoms with van der Waals surface area (Å²) in [7, 11) is 2.10. The van der Waals surface area contributed by atoms with Crippen LogP contribution in [0.3, 0.4) is 0 Å². The predicted molar refractivity (Wildman–Crippen MR) is 100 cm³/mol. The number of thiazole rings is 1. The van der Waals surface area contributed by atoms with Gasteiger partial charge in [-0.2, -0.15) is 0 Å². The minimum absolute atomic E-state index is 0.961. The van der Waals surface area contributed by atoms with Gasteiger partial charge < -0.3 is 4.90 Å². The van der Waals surface area contributed by atoms with Crippen molar-refractivity contribution in [3.05, 3.63) is 54.6 Å². The molecule has 4 heterocycles. The molecule has 120 valence electrons. The number of aromatic nitrogens is 3. The van der Waals surface area contributed by atoms with E-state index in [4.69, 9.17) is 9.97 Å². The molecule has 0 aliphatic carbocycles. The van der Waals surface area contributed by atoms with Crippen molar-refractivity contribution in [1.29, 1.82) is 0 Å². The molecule has 0 amide bonds. The van der Waals surface area contributed by atoms with Gasteiger partial charge in [0.1, 0.15) is 5.01 Å². The molecule has 0 saturated carbocycles. The number of nitrogens with zero attached hydrogens (tertiary/aromatic N) is 4. The van der Waals surface area contributed by atoms with Crippen LogP contribution in [0.2, 0.25) is 0 Å². The van der Waals surface area contributed by atoms with Gasteiger partial charge in [0.25, 0.3) is 0 Å². The van der Waals surface area contributed by atoms with Crippen LogP contribution in [-0.2, 0) is 0 Å². The van der Waals surface area contributed by atoms with Gasteiger partial charge in [-0.05, 0) is 43.2 Å². The average molecular weight is 334 g/mol. The second-order valence-corrected chi connectivity index (χ2v) is 7.01. The first-order valence-corrected chi connectivity index (χ1v) is 8.73. The average Bonchev–Trinajstić information content (AvgIpc) is 3.01. The predicted octanol–water partition coefficient (Wildman–Crippen LogP) is 4.43. The summed E-state index contributed by atoms with van der Waals surface area (Å²) in [5, 5.41) is 0.978. The fourth-order valence-corrected chi connectivity index (χ4v) is 3.96. The van der Waals surface area contributed by atoms with Crippen LogP contribution in [0.25, 0.3) is 26.7 Å². The molecule has 3 aromatic rings. The quantitative estimate of drug-likeness (QED) is 0.695. The Morgan fingerprint density at radius 1 is 1.21 bits per heavy atom. The second-order valence-electron chi connectivity index (χ2n) is 6.01. The molecule has 24 heavy (non-hydrogen) atoms. The molecule has 1 aliphatic heterocycles. The summed E-state index contributed by atoms with van der Waals surface area (Å²) in [4.78, 5) is 17.1. The highest BCUT2D eigenvalue weighted by atomic mass is 32.1. The van der Waals surface area contributed by atoms with Crippen molar-refractivity contribution in [2.75, 3.05) is 18.5 Å². The molecule has 0 fully saturated rings. The zero-order valence-corrected chi connectivity index (χ0v) is 14.6. The van der Waals surface area contributed by atoms with Gasteiger partial charge in [0.2, 0.25) is 0 Å². The summed E-state index contributed by atoms with van der Waals surface area (Å²) in [6.07, 6.45) is 4.58. The number of anilines is 1. The Morgan fingerprint density at radius 2 is 2.08 bits per heavy atom. The van der Waals surface area contributed by atoms with Crippen LogP contribution in [-0.4, -0.2) is 28.5 Å². The van der Waals surface area contributed by atoms with Crippen LogP contribution in [0.15, 0.2) is 43.2 Å². The van der Waals surface area contributed by atoms with Gasteiger partial charge in [-0.25, -0.2) is 9.97 Å².